The Hall–Kier alpha value is -2.91. The highest BCUT2D eigenvalue weighted by Crippen LogP contribution is 2.44. The first-order valence-electron chi connectivity index (χ1n) is 10.7. The molecule has 1 heterocycles. The second-order valence-corrected chi connectivity index (χ2v) is 10.1. The summed E-state index contributed by atoms with van der Waals surface area (Å²) in [6.45, 7) is 20.6. The van der Waals surface area contributed by atoms with Crippen molar-refractivity contribution in [2.75, 3.05) is 6.26 Å². The Morgan fingerprint density at radius 2 is 2.00 bits per heavy atom. The van der Waals surface area contributed by atoms with E-state index in [0.717, 1.165) is 40.1 Å². The Morgan fingerprint density at radius 3 is 2.59 bits per heavy atom. The lowest BCUT2D eigenvalue weighted by atomic mass is 9.85. The van der Waals surface area contributed by atoms with E-state index >= 15 is 0 Å². The van der Waals surface area contributed by atoms with E-state index in [-0.39, 0.29) is 10.5 Å². The molecule has 0 saturated carbocycles. The van der Waals surface area contributed by atoms with Crippen LogP contribution in [0.1, 0.15) is 37.1 Å². The molecule has 3 rings (SSSR count). The summed E-state index contributed by atoms with van der Waals surface area (Å²) in [6, 6.07) is 6.54. The first-order valence-corrected chi connectivity index (χ1v) is 12.5. The van der Waals surface area contributed by atoms with Crippen molar-refractivity contribution in [1.29, 1.82) is 0 Å². The number of benzene rings is 1. The maximum Gasteiger partial charge on any atom is 0.121 e. The second-order valence-electron chi connectivity index (χ2n) is 8.26. The predicted octanol–water partition coefficient (Wildman–Crippen LogP) is 8.39. The molecule has 0 bridgehead atoms. The number of hydrogen-bond donors (Lipinski definition) is 0. The average Bonchev–Trinajstić information content (AvgIpc) is 3.06. The minimum absolute atomic E-state index is 0.282. The predicted molar refractivity (Wildman–Crippen MR) is 145 cm³/mol. The molecule has 166 valence electrons. The minimum Gasteiger partial charge on any atom is -0.336 e. The molecular formula is C29H32FNS. The van der Waals surface area contributed by atoms with Crippen LogP contribution in [0.5, 0.6) is 0 Å². The normalized spacial score (nSPS) is 15.4. The molecule has 32 heavy (non-hydrogen) atoms. The maximum atomic E-state index is 14.5. The fourth-order valence-corrected chi connectivity index (χ4v) is 4.55. The smallest absolute Gasteiger partial charge is 0.121 e. The summed E-state index contributed by atoms with van der Waals surface area (Å²) in [5, 5.41) is 1.17. The van der Waals surface area contributed by atoms with Crippen LogP contribution in [0.25, 0.3) is 22.0 Å². The average molecular weight is 446 g/mol. The first-order chi connectivity index (χ1) is 15.2. The Bertz CT molecular complexity index is 1260. The molecule has 0 saturated heterocycles. The quantitative estimate of drug-likeness (QED) is 0.284. The molecular weight excluding hydrogens is 413 g/mol. The van der Waals surface area contributed by atoms with Crippen LogP contribution in [0.15, 0.2) is 90.7 Å². The molecule has 0 aliphatic heterocycles. The summed E-state index contributed by atoms with van der Waals surface area (Å²) in [4.78, 5) is 0.807. The lowest BCUT2D eigenvalue weighted by Crippen LogP contribution is -2.09. The van der Waals surface area contributed by atoms with Crippen molar-refractivity contribution in [3.8, 4) is 0 Å². The van der Waals surface area contributed by atoms with Crippen LogP contribution in [-0.4, -0.2) is 16.7 Å². The Morgan fingerprint density at radius 1 is 1.28 bits per heavy atom. The van der Waals surface area contributed by atoms with E-state index < -0.39 is 5.83 Å². The van der Waals surface area contributed by atoms with Crippen molar-refractivity contribution >= 4 is 38.4 Å². The Kier molecular flexibility index (Phi) is 7.20. The fourth-order valence-electron chi connectivity index (χ4n) is 4.20. The Balaban J connectivity index is 2.35. The van der Waals surface area contributed by atoms with Gasteiger partial charge in [-0.25, -0.2) is 4.39 Å². The standard InChI is InChI=1S/C29H32FNS/c1-9-11-12-25-19(3)15-20(4)29-28(25)26-17-23(10-2)13-14-27(26)31(29)18-24(22(6)30)16-21(5)32(7)8/h9,11-14,16-17H,1,4-7,10,15,18H2,2-3,8H3/b12-11-,24-16-. The van der Waals surface area contributed by atoms with Crippen molar-refractivity contribution in [3.63, 3.8) is 0 Å². The van der Waals surface area contributed by atoms with Gasteiger partial charge < -0.3 is 4.57 Å². The van der Waals surface area contributed by atoms with E-state index in [1.54, 1.807) is 12.2 Å². The Labute approximate surface area is 194 Å². The molecule has 0 spiro atoms. The number of fused-ring (bicyclic) bond motifs is 3. The van der Waals surface area contributed by atoms with Crippen molar-refractivity contribution in [3.05, 3.63) is 108 Å². The number of allylic oxidation sites excluding steroid dienone is 9. The van der Waals surface area contributed by atoms with Crippen molar-refractivity contribution in [2.24, 2.45) is 0 Å². The van der Waals surface area contributed by atoms with E-state index in [1.807, 2.05) is 12.3 Å². The highest BCUT2D eigenvalue weighted by Gasteiger charge is 2.27. The molecule has 1 atom stereocenters. The SMILES string of the molecule is C=C/C=C\C1=C(C)CC(=C)c2c1c1cc(CC)ccc1n2C/C(=C/C(=C)S(=C)C)C(=C)F. The molecule has 0 amide bonds. The number of halogens is 1. The summed E-state index contributed by atoms with van der Waals surface area (Å²) in [5.41, 5.74) is 8.57. The third-order valence-corrected chi connectivity index (χ3v) is 6.95. The number of aromatic nitrogens is 1. The molecule has 1 aliphatic rings. The lowest BCUT2D eigenvalue weighted by Gasteiger charge is -2.22. The van der Waals surface area contributed by atoms with Gasteiger partial charge in [0.1, 0.15) is 5.83 Å². The monoisotopic (exact) mass is 445 g/mol. The minimum atomic E-state index is -0.447. The van der Waals surface area contributed by atoms with Gasteiger partial charge in [0.05, 0.1) is 12.2 Å². The van der Waals surface area contributed by atoms with E-state index in [9.17, 15) is 4.39 Å². The van der Waals surface area contributed by atoms with E-state index in [1.165, 1.54) is 22.1 Å². The highest BCUT2D eigenvalue weighted by molar-refractivity contribution is 8.17. The van der Waals surface area contributed by atoms with Gasteiger partial charge in [0.2, 0.25) is 0 Å². The molecule has 1 aromatic carbocycles. The van der Waals surface area contributed by atoms with Gasteiger partial charge >= 0.3 is 0 Å². The topological polar surface area (TPSA) is 4.93 Å². The number of hydrogen-bond acceptors (Lipinski definition) is 0. The summed E-state index contributed by atoms with van der Waals surface area (Å²) >= 11 is 0. The molecule has 0 N–H and O–H groups in total. The zero-order valence-corrected chi connectivity index (χ0v) is 20.2. The van der Waals surface area contributed by atoms with Crippen molar-refractivity contribution < 1.29 is 4.39 Å². The van der Waals surface area contributed by atoms with Crippen LogP contribution in [0.2, 0.25) is 0 Å². The van der Waals surface area contributed by atoms with Gasteiger partial charge in [0.15, 0.2) is 0 Å². The molecule has 0 fully saturated rings. The van der Waals surface area contributed by atoms with Crippen LogP contribution < -0.4 is 0 Å². The molecule has 0 radical (unpaired) electrons. The van der Waals surface area contributed by atoms with Crippen LogP contribution in [0.3, 0.4) is 0 Å². The third-order valence-electron chi connectivity index (χ3n) is 5.94. The molecule has 1 aliphatic carbocycles. The van der Waals surface area contributed by atoms with Crippen molar-refractivity contribution in [2.45, 2.75) is 33.2 Å². The molecule has 3 heteroatoms. The van der Waals surface area contributed by atoms with Gasteiger partial charge in [0, 0.05) is 22.0 Å². The van der Waals surface area contributed by atoms with E-state index in [2.05, 4.69) is 74.9 Å². The van der Waals surface area contributed by atoms with Crippen LogP contribution in [0, 0.1) is 0 Å². The number of rotatable bonds is 8. The molecule has 2 aromatic rings. The van der Waals surface area contributed by atoms with Crippen LogP contribution in [-0.2, 0) is 13.0 Å². The molecule has 1 aromatic heterocycles. The highest BCUT2D eigenvalue weighted by atomic mass is 32.2. The van der Waals surface area contributed by atoms with Gasteiger partial charge in [-0.1, -0.05) is 69.0 Å². The number of aryl methyl sites for hydroxylation is 1. The maximum absolute atomic E-state index is 14.5. The van der Waals surface area contributed by atoms with Gasteiger partial charge in [-0.15, -0.1) is 0 Å². The summed E-state index contributed by atoms with van der Waals surface area (Å²) < 4.78 is 16.7. The molecule has 1 nitrogen and oxygen atoms in total. The van der Waals surface area contributed by atoms with Gasteiger partial charge in [-0.2, -0.15) is 10.5 Å². The van der Waals surface area contributed by atoms with Gasteiger partial charge in [-0.05, 0) is 65.8 Å². The largest absolute Gasteiger partial charge is 0.336 e. The fraction of sp³-hybridized carbons (Fsp3) is 0.207. The summed E-state index contributed by atoms with van der Waals surface area (Å²) in [7, 11) is -0.282. The first kappa shape index (κ1) is 23.7. The summed E-state index contributed by atoms with van der Waals surface area (Å²) in [6.07, 6.45) is 11.4. The molecule has 1 unspecified atom stereocenters. The zero-order valence-electron chi connectivity index (χ0n) is 19.4. The van der Waals surface area contributed by atoms with Gasteiger partial charge in [0.25, 0.3) is 0 Å². The lowest BCUT2D eigenvalue weighted by molar-refractivity contribution is 0.630. The van der Waals surface area contributed by atoms with Crippen LogP contribution in [0.4, 0.5) is 4.39 Å². The second kappa shape index (κ2) is 9.70. The van der Waals surface area contributed by atoms with E-state index in [0.29, 0.717) is 12.1 Å². The number of nitrogens with zero attached hydrogens (tertiary/aromatic N) is 1. The third kappa shape index (κ3) is 4.49. The van der Waals surface area contributed by atoms with Gasteiger partial charge in [-0.3, -0.25) is 0 Å². The van der Waals surface area contributed by atoms with Crippen LogP contribution >= 0.6 is 10.5 Å². The van der Waals surface area contributed by atoms with Crippen molar-refractivity contribution in [1.82, 2.24) is 4.57 Å². The van der Waals surface area contributed by atoms with E-state index in [4.69, 9.17) is 0 Å². The summed E-state index contributed by atoms with van der Waals surface area (Å²) in [5.74, 6) is 3.59. The zero-order chi connectivity index (χ0) is 23.6.